The molecule has 1 aliphatic rings. The van der Waals surface area contributed by atoms with Gasteiger partial charge in [-0.05, 0) is 22.2 Å². The van der Waals surface area contributed by atoms with E-state index >= 15 is 0 Å². The number of rotatable bonds is 12. The zero-order valence-electron chi connectivity index (χ0n) is 21.2. The third kappa shape index (κ3) is 7.89. The van der Waals surface area contributed by atoms with E-state index in [1.165, 1.54) is 6.92 Å². The summed E-state index contributed by atoms with van der Waals surface area (Å²) in [4.78, 5) is 14.9. The van der Waals surface area contributed by atoms with Gasteiger partial charge < -0.3 is 23.7 Å². The molecular weight excluding hydrogens is 486 g/mol. The Morgan fingerprint density at radius 3 is 1.82 bits per heavy atom. The van der Waals surface area contributed by atoms with Gasteiger partial charge in [0.1, 0.15) is 24.4 Å². The summed E-state index contributed by atoms with van der Waals surface area (Å²) < 4.78 is 30.3. The highest BCUT2D eigenvalue weighted by Crippen LogP contribution is 2.31. The summed E-state index contributed by atoms with van der Waals surface area (Å²) in [5.41, 5.74) is 12.2. The molecule has 0 bridgehead atoms. The van der Waals surface area contributed by atoms with Crippen molar-refractivity contribution in [3.05, 3.63) is 118 Å². The van der Waals surface area contributed by atoms with Crippen molar-refractivity contribution in [3.8, 4) is 0 Å². The average Bonchev–Trinajstić information content (AvgIpc) is 2.94. The minimum Gasteiger partial charge on any atom is -0.435 e. The lowest BCUT2D eigenvalue weighted by Crippen LogP contribution is -2.60. The van der Waals surface area contributed by atoms with E-state index in [-0.39, 0.29) is 19.8 Å². The fraction of sp³-hybridized carbons (Fsp3) is 0.345. The van der Waals surface area contributed by atoms with Gasteiger partial charge in [-0.25, -0.2) is 0 Å². The first kappa shape index (κ1) is 27.3. The highest BCUT2D eigenvalue weighted by Gasteiger charge is 2.49. The van der Waals surface area contributed by atoms with Crippen LogP contribution in [0.2, 0.25) is 0 Å². The summed E-state index contributed by atoms with van der Waals surface area (Å²) in [6.07, 6.45) is -3.29. The van der Waals surface area contributed by atoms with Crippen molar-refractivity contribution in [2.45, 2.75) is 57.4 Å². The summed E-state index contributed by atoms with van der Waals surface area (Å²) in [6, 6.07) is 28.1. The van der Waals surface area contributed by atoms with E-state index in [0.29, 0.717) is 6.61 Å². The Labute approximate surface area is 221 Å². The second kappa shape index (κ2) is 14.3. The Bertz CT molecular complexity index is 1170. The van der Waals surface area contributed by atoms with E-state index < -0.39 is 36.6 Å². The molecule has 0 saturated carbocycles. The SMILES string of the molecule is CC(=O)OC1O[C@H](COCc2ccccc2)[C@H](OCc2ccccc2)[C@H](OCc2ccccc2)[C@H]1N=[N+]=[N-]. The summed E-state index contributed by atoms with van der Waals surface area (Å²) in [5, 5.41) is 3.91. The minimum atomic E-state index is -1.16. The Hall–Kier alpha value is -3.72. The molecular formula is C29H31N3O6. The van der Waals surface area contributed by atoms with Gasteiger partial charge in [-0.1, -0.05) is 96.1 Å². The van der Waals surface area contributed by atoms with Crippen LogP contribution in [0.4, 0.5) is 0 Å². The average molecular weight is 518 g/mol. The Balaban J connectivity index is 1.59. The molecule has 4 rings (SSSR count). The van der Waals surface area contributed by atoms with Gasteiger partial charge in [0.15, 0.2) is 0 Å². The zero-order chi connectivity index (χ0) is 26.6. The molecule has 0 N–H and O–H groups in total. The number of carbonyl (C=O) groups excluding carboxylic acids is 1. The van der Waals surface area contributed by atoms with Crippen LogP contribution in [0.25, 0.3) is 10.4 Å². The maximum atomic E-state index is 11.9. The molecule has 0 amide bonds. The van der Waals surface area contributed by atoms with Crippen LogP contribution >= 0.6 is 0 Å². The predicted octanol–water partition coefficient (Wildman–Crippen LogP) is 5.34. The van der Waals surface area contributed by atoms with Crippen LogP contribution in [0.15, 0.2) is 96.1 Å². The number of azide groups is 1. The lowest BCUT2D eigenvalue weighted by molar-refractivity contribution is -0.279. The van der Waals surface area contributed by atoms with Gasteiger partial charge >= 0.3 is 5.97 Å². The first-order valence-corrected chi connectivity index (χ1v) is 12.4. The molecule has 0 aromatic heterocycles. The second-order valence-electron chi connectivity index (χ2n) is 8.87. The largest absolute Gasteiger partial charge is 0.435 e. The van der Waals surface area contributed by atoms with Gasteiger partial charge in [0.05, 0.1) is 26.4 Å². The van der Waals surface area contributed by atoms with Gasteiger partial charge in [-0.2, -0.15) is 0 Å². The molecule has 1 fully saturated rings. The maximum absolute atomic E-state index is 11.9. The van der Waals surface area contributed by atoms with Gasteiger partial charge in [-0.15, -0.1) is 0 Å². The first-order valence-electron chi connectivity index (χ1n) is 12.4. The molecule has 198 valence electrons. The van der Waals surface area contributed by atoms with Crippen LogP contribution in [0, 0.1) is 0 Å². The summed E-state index contributed by atoms with van der Waals surface area (Å²) >= 11 is 0. The first-order chi connectivity index (χ1) is 18.6. The topological polar surface area (TPSA) is 112 Å². The number of nitrogens with zero attached hydrogens (tertiary/aromatic N) is 3. The van der Waals surface area contributed by atoms with Crippen LogP contribution < -0.4 is 0 Å². The van der Waals surface area contributed by atoms with E-state index in [2.05, 4.69) is 10.0 Å². The minimum absolute atomic E-state index is 0.139. The second-order valence-corrected chi connectivity index (χ2v) is 8.87. The summed E-state index contributed by atoms with van der Waals surface area (Å²) in [7, 11) is 0. The highest BCUT2D eigenvalue weighted by molar-refractivity contribution is 5.66. The lowest BCUT2D eigenvalue weighted by Gasteiger charge is -2.44. The highest BCUT2D eigenvalue weighted by atomic mass is 16.7. The van der Waals surface area contributed by atoms with Crippen LogP contribution in [-0.2, 0) is 48.3 Å². The quantitative estimate of drug-likeness (QED) is 0.139. The molecule has 9 nitrogen and oxygen atoms in total. The normalized spacial score (nSPS) is 22.8. The number of hydrogen-bond donors (Lipinski definition) is 0. The van der Waals surface area contributed by atoms with Gasteiger partial charge in [0.25, 0.3) is 0 Å². The van der Waals surface area contributed by atoms with Gasteiger partial charge in [-0.3, -0.25) is 4.79 Å². The Morgan fingerprint density at radius 1 is 0.816 bits per heavy atom. The number of hydrogen-bond acceptors (Lipinski definition) is 7. The van der Waals surface area contributed by atoms with E-state index in [1.54, 1.807) is 0 Å². The molecule has 0 spiro atoms. The molecule has 0 radical (unpaired) electrons. The predicted molar refractivity (Wildman–Crippen MR) is 139 cm³/mol. The number of esters is 1. The summed E-state index contributed by atoms with van der Waals surface area (Å²) in [6.45, 7) is 2.28. The number of carbonyl (C=O) groups is 1. The van der Waals surface area contributed by atoms with Gasteiger partial charge in [0, 0.05) is 11.8 Å². The summed E-state index contributed by atoms with van der Waals surface area (Å²) in [5.74, 6) is -0.567. The zero-order valence-corrected chi connectivity index (χ0v) is 21.2. The van der Waals surface area contributed by atoms with E-state index in [1.807, 2.05) is 91.0 Å². The molecule has 3 aromatic rings. The van der Waals surface area contributed by atoms with Crippen molar-refractivity contribution < 1.29 is 28.5 Å². The monoisotopic (exact) mass is 517 g/mol. The standard InChI is InChI=1S/C29H31N3O6/c1-21(33)37-29-26(31-32-30)28(36-19-24-15-9-4-10-16-24)27(35-18-23-13-7-3-8-14-23)25(38-29)20-34-17-22-11-5-2-6-12-22/h2-16,25-29H,17-20H2,1H3/t25-,26-,27+,28-,29?/m1/s1. The molecule has 1 unspecified atom stereocenters. The van der Waals surface area contributed by atoms with E-state index in [0.717, 1.165) is 16.7 Å². The third-order valence-corrected chi connectivity index (χ3v) is 6.05. The molecule has 1 heterocycles. The maximum Gasteiger partial charge on any atom is 0.304 e. The lowest BCUT2D eigenvalue weighted by atomic mass is 9.96. The number of benzene rings is 3. The van der Waals surface area contributed by atoms with E-state index in [4.69, 9.17) is 23.7 Å². The molecule has 9 heteroatoms. The molecule has 1 aliphatic heterocycles. The van der Waals surface area contributed by atoms with Gasteiger partial charge in [0.2, 0.25) is 6.29 Å². The molecule has 1 saturated heterocycles. The van der Waals surface area contributed by atoms with Crippen LogP contribution in [-0.4, -0.2) is 43.2 Å². The molecule has 38 heavy (non-hydrogen) atoms. The van der Waals surface area contributed by atoms with Crippen molar-refractivity contribution in [1.82, 2.24) is 0 Å². The van der Waals surface area contributed by atoms with Crippen molar-refractivity contribution in [1.29, 1.82) is 0 Å². The smallest absolute Gasteiger partial charge is 0.304 e. The van der Waals surface area contributed by atoms with Crippen molar-refractivity contribution in [2.75, 3.05) is 6.61 Å². The fourth-order valence-electron chi connectivity index (χ4n) is 4.26. The number of ether oxygens (including phenoxy) is 5. The van der Waals surface area contributed by atoms with Crippen LogP contribution in [0.1, 0.15) is 23.6 Å². The van der Waals surface area contributed by atoms with Crippen molar-refractivity contribution in [2.24, 2.45) is 5.11 Å². The third-order valence-electron chi connectivity index (χ3n) is 6.05. The van der Waals surface area contributed by atoms with Crippen molar-refractivity contribution in [3.63, 3.8) is 0 Å². The molecule has 3 aromatic carbocycles. The molecule has 0 aliphatic carbocycles. The van der Waals surface area contributed by atoms with E-state index in [9.17, 15) is 10.3 Å². The fourth-order valence-corrected chi connectivity index (χ4v) is 4.26. The molecule has 5 atom stereocenters. The van der Waals surface area contributed by atoms with Crippen LogP contribution in [0.3, 0.4) is 0 Å². The van der Waals surface area contributed by atoms with Crippen LogP contribution in [0.5, 0.6) is 0 Å². The Kier molecular flexibility index (Phi) is 10.3. The Morgan fingerprint density at radius 2 is 1.32 bits per heavy atom. The van der Waals surface area contributed by atoms with Crippen molar-refractivity contribution >= 4 is 5.97 Å².